The summed E-state index contributed by atoms with van der Waals surface area (Å²) >= 11 is 0. The minimum absolute atomic E-state index is 0.0636. The van der Waals surface area contributed by atoms with E-state index in [1.165, 1.54) is 0 Å². The van der Waals surface area contributed by atoms with Gasteiger partial charge in [-0.3, -0.25) is 0 Å². The Morgan fingerprint density at radius 2 is 0.781 bits per heavy atom. The number of nitrogens with one attached hydrogen (secondary N) is 2. The molecule has 6 aliphatic heterocycles. The van der Waals surface area contributed by atoms with Gasteiger partial charge in [0.25, 0.3) is 0 Å². The Kier molecular flexibility index (Phi) is 10.0. The lowest BCUT2D eigenvalue weighted by atomic mass is 9.95. The van der Waals surface area contributed by atoms with Gasteiger partial charge in [-0.1, -0.05) is 121 Å². The molecule has 310 valence electrons. The Morgan fingerprint density at radius 1 is 0.406 bits per heavy atom. The van der Waals surface area contributed by atoms with Crippen LogP contribution >= 0.6 is 0 Å². The summed E-state index contributed by atoms with van der Waals surface area (Å²) in [6.45, 7) is -0.228. The van der Waals surface area contributed by atoms with Crippen LogP contribution in [0, 0.1) is 0 Å². The minimum atomic E-state index is -0.177. The van der Waals surface area contributed by atoms with E-state index in [-0.39, 0.29) is 26.4 Å². The third-order valence-electron chi connectivity index (χ3n) is 11.4. The number of rotatable bonds is 10. The molecule has 64 heavy (non-hydrogen) atoms. The van der Waals surface area contributed by atoms with Gasteiger partial charge in [0.1, 0.15) is 13.2 Å². The molecule has 0 saturated heterocycles. The van der Waals surface area contributed by atoms with Gasteiger partial charge in [0.2, 0.25) is 0 Å². The molecule has 0 spiro atoms. The number of aliphatic hydroxyl groups is 2. The molecule has 0 aromatic heterocycles. The van der Waals surface area contributed by atoms with E-state index in [0.29, 0.717) is 34.3 Å². The summed E-state index contributed by atoms with van der Waals surface area (Å²) in [5.74, 6) is 0.841. The molecule has 10 heteroatoms. The Balaban J connectivity index is 1.23. The molecule has 0 aliphatic carbocycles. The largest absolute Gasteiger partial charge is 0.487 e. The number of allylic oxidation sites excluding steroid dienone is 10. The summed E-state index contributed by atoms with van der Waals surface area (Å²) in [7, 11) is 0. The minimum Gasteiger partial charge on any atom is -0.487 e. The maximum Gasteiger partial charge on any atom is 0.163 e. The van der Waals surface area contributed by atoms with Crippen LogP contribution in [-0.4, -0.2) is 59.5 Å². The van der Waals surface area contributed by atoms with Crippen molar-refractivity contribution in [2.75, 3.05) is 37.1 Å². The first-order valence-corrected chi connectivity index (χ1v) is 21.2. The lowest BCUT2D eigenvalue weighted by Gasteiger charge is -2.26. The van der Waals surface area contributed by atoms with Gasteiger partial charge in [0, 0.05) is 34.4 Å². The lowest BCUT2D eigenvalue weighted by molar-refractivity contribution is 0.178. The van der Waals surface area contributed by atoms with Gasteiger partial charge in [-0.2, -0.15) is 0 Å². The van der Waals surface area contributed by atoms with Crippen LogP contribution < -0.4 is 20.1 Å². The monoisotopic (exact) mass is 836 g/mol. The first-order chi connectivity index (χ1) is 31.6. The van der Waals surface area contributed by atoms with E-state index in [2.05, 4.69) is 95.6 Å². The van der Waals surface area contributed by atoms with Crippen LogP contribution in [0.5, 0.6) is 11.5 Å². The van der Waals surface area contributed by atoms with Crippen molar-refractivity contribution in [3.05, 3.63) is 226 Å². The highest BCUT2D eigenvalue weighted by Gasteiger charge is 2.37. The van der Waals surface area contributed by atoms with Crippen molar-refractivity contribution in [3.63, 3.8) is 0 Å². The van der Waals surface area contributed by atoms with Crippen molar-refractivity contribution in [2.45, 2.75) is 0 Å². The number of hydrogen-bond donors (Lipinski definition) is 4. The zero-order valence-corrected chi connectivity index (χ0v) is 34.5. The highest BCUT2D eigenvalue weighted by atomic mass is 16.5. The Labute approximate surface area is 369 Å². The SMILES string of the molecule is OCCOc1cc2c(cc1OCCO)NC1=C(N2)C2=NC1=C(c1ccccc1)C1=NC(=C(c3ccccc3)C3=NC(=C(c4ccccc4)C4=NC(=C2c2ccccc2)C=C4)C=C3)C=C1. The van der Waals surface area contributed by atoms with Crippen molar-refractivity contribution in [1.82, 2.24) is 0 Å². The number of aliphatic hydroxyl groups excluding tert-OH is 2. The molecule has 5 aromatic carbocycles. The zero-order valence-electron chi connectivity index (χ0n) is 34.5. The average Bonchev–Trinajstić information content (AvgIpc) is 4.18. The second-order valence-corrected chi connectivity index (χ2v) is 15.4. The fourth-order valence-corrected chi connectivity index (χ4v) is 8.65. The van der Waals surface area contributed by atoms with Crippen LogP contribution in [0.4, 0.5) is 11.4 Å². The molecule has 4 N–H and O–H groups in total. The first-order valence-electron chi connectivity index (χ1n) is 21.2. The molecule has 10 nitrogen and oxygen atoms in total. The van der Waals surface area contributed by atoms with E-state index < -0.39 is 0 Å². The smallest absolute Gasteiger partial charge is 0.163 e. The van der Waals surface area contributed by atoms with E-state index in [9.17, 15) is 10.2 Å². The first kappa shape index (κ1) is 38.7. The Bertz CT molecular complexity index is 3130. The summed E-state index contributed by atoms with van der Waals surface area (Å²) in [6, 6.07) is 44.7. The molecular formula is C54H40N6O4. The molecule has 5 aromatic rings. The molecule has 0 saturated carbocycles. The van der Waals surface area contributed by atoms with Gasteiger partial charge in [0.15, 0.2) is 11.5 Å². The van der Waals surface area contributed by atoms with E-state index in [1.807, 2.05) is 84.9 Å². The number of benzene rings is 5. The van der Waals surface area contributed by atoms with Gasteiger partial charge >= 0.3 is 0 Å². The molecule has 0 fully saturated rings. The summed E-state index contributed by atoms with van der Waals surface area (Å²) in [5, 5.41) is 26.9. The fraction of sp³-hybridized carbons (Fsp3) is 0.0741. The highest BCUT2D eigenvalue weighted by Crippen LogP contribution is 2.47. The second kappa shape index (κ2) is 16.6. The number of aliphatic imine (C=N–C) groups is 4. The molecule has 0 unspecified atom stereocenters. The van der Waals surface area contributed by atoms with Crippen molar-refractivity contribution in [3.8, 4) is 11.5 Å². The van der Waals surface area contributed by atoms with Gasteiger partial charge in [-0.25, -0.2) is 20.0 Å². The zero-order chi connectivity index (χ0) is 43.0. The molecule has 0 radical (unpaired) electrons. The van der Waals surface area contributed by atoms with Crippen LogP contribution in [0.25, 0.3) is 22.3 Å². The van der Waals surface area contributed by atoms with Crippen LogP contribution in [0.15, 0.2) is 224 Å². The molecule has 8 bridgehead atoms. The number of hydrogen-bond acceptors (Lipinski definition) is 10. The third kappa shape index (κ3) is 6.97. The maximum absolute atomic E-state index is 9.69. The van der Waals surface area contributed by atoms with Crippen molar-refractivity contribution in [1.29, 1.82) is 0 Å². The average molecular weight is 837 g/mol. The van der Waals surface area contributed by atoms with Crippen LogP contribution in [0.3, 0.4) is 0 Å². The molecular weight excluding hydrogens is 797 g/mol. The predicted octanol–water partition coefficient (Wildman–Crippen LogP) is 9.62. The van der Waals surface area contributed by atoms with Crippen LogP contribution in [0.1, 0.15) is 22.3 Å². The standard InChI is InChI=1S/C54H40N6O4/c61-27-29-63-45-31-43-44(32-46(45)64-30-28-62)59-54-52-50(36-19-11-4-12-20-36)42-26-24-40(57-42)48(34-15-7-2-8-16-34)38-22-21-37(55-38)47(33-13-5-1-6-14-33)39-23-25-41(56-39)49(35-17-9-3-10-18-35)51(60-52)53(54)58-43/h1-26,31-32,58-59,61-62H,27-30H2. The quantitative estimate of drug-likeness (QED) is 0.111. The van der Waals surface area contributed by atoms with Gasteiger partial charge < -0.3 is 30.3 Å². The Hall–Kier alpha value is -8.18. The molecule has 0 atom stereocenters. The van der Waals surface area contributed by atoms with Crippen LogP contribution in [-0.2, 0) is 0 Å². The van der Waals surface area contributed by atoms with Crippen molar-refractivity contribution < 1.29 is 19.7 Å². The molecule has 11 rings (SSSR count). The van der Waals surface area contributed by atoms with Crippen molar-refractivity contribution >= 4 is 56.5 Å². The normalized spacial score (nSPS) is 17.0. The van der Waals surface area contributed by atoms with Gasteiger partial charge in [-0.15, -0.1) is 0 Å². The molecule has 6 aliphatic rings. The summed E-state index contributed by atoms with van der Waals surface area (Å²) in [5.41, 5.74) is 16.2. The number of fused-ring (bicyclic) bond motifs is 7. The topological polar surface area (TPSA) is 132 Å². The van der Waals surface area contributed by atoms with E-state index >= 15 is 0 Å². The number of nitrogens with zero attached hydrogens (tertiary/aromatic N) is 4. The lowest BCUT2D eigenvalue weighted by Crippen LogP contribution is -2.21. The molecule has 0 amide bonds. The predicted molar refractivity (Wildman–Crippen MR) is 256 cm³/mol. The van der Waals surface area contributed by atoms with E-state index in [4.69, 9.17) is 29.4 Å². The van der Waals surface area contributed by atoms with Crippen LogP contribution in [0.2, 0.25) is 0 Å². The van der Waals surface area contributed by atoms with E-state index in [0.717, 1.165) is 90.2 Å². The summed E-state index contributed by atoms with van der Waals surface area (Å²) < 4.78 is 12.0. The molecule has 6 heterocycles. The number of anilines is 2. The fourth-order valence-electron chi connectivity index (χ4n) is 8.65. The second-order valence-electron chi connectivity index (χ2n) is 15.4. The highest BCUT2D eigenvalue weighted by molar-refractivity contribution is 6.41. The summed E-state index contributed by atoms with van der Waals surface area (Å²) in [4.78, 5) is 22.0. The van der Waals surface area contributed by atoms with E-state index in [1.54, 1.807) is 0 Å². The Morgan fingerprint density at radius 3 is 1.22 bits per heavy atom. The van der Waals surface area contributed by atoms with Crippen molar-refractivity contribution in [2.24, 2.45) is 20.0 Å². The van der Waals surface area contributed by atoms with Gasteiger partial charge in [0.05, 0.1) is 81.6 Å². The third-order valence-corrected chi connectivity index (χ3v) is 11.4. The van der Waals surface area contributed by atoms with Gasteiger partial charge in [-0.05, 0) is 58.7 Å². The maximum atomic E-state index is 9.69. The summed E-state index contributed by atoms with van der Waals surface area (Å²) in [6.07, 6.45) is 12.4. The number of ether oxygens (including phenoxy) is 2.